The van der Waals surface area contributed by atoms with Crippen molar-refractivity contribution in [2.75, 3.05) is 17.6 Å². The molecule has 2 nitrogen and oxygen atoms in total. The first kappa shape index (κ1) is 11.6. The van der Waals surface area contributed by atoms with Crippen LogP contribution in [-0.4, -0.2) is 6.54 Å². The molecule has 1 aromatic carbocycles. The third kappa shape index (κ3) is 2.82. The molecule has 0 bridgehead atoms. The van der Waals surface area contributed by atoms with Crippen LogP contribution < -0.4 is 11.1 Å². The second kappa shape index (κ2) is 5.44. The fraction of sp³-hybridized carbons (Fsp3) is 0.538. The van der Waals surface area contributed by atoms with E-state index in [0.717, 1.165) is 18.2 Å². The van der Waals surface area contributed by atoms with Crippen LogP contribution >= 0.6 is 11.6 Å². The second-order valence-corrected chi connectivity index (χ2v) is 4.99. The van der Waals surface area contributed by atoms with Crippen molar-refractivity contribution < 1.29 is 0 Å². The highest BCUT2D eigenvalue weighted by atomic mass is 35.5. The Hall–Kier alpha value is -0.890. The van der Waals surface area contributed by atoms with Gasteiger partial charge in [-0.15, -0.1) is 0 Å². The third-order valence-corrected chi connectivity index (χ3v) is 3.69. The van der Waals surface area contributed by atoms with E-state index < -0.39 is 0 Å². The highest BCUT2D eigenvalue weighted by Crippen LogP contribution is 2.28. The number of benzene rings is 1. The van der Waals surface area contributed by atoms with Crippen LogP contribution in [0, 0.1) is 5.92 Å². The predicted molar refractivity (Wildman–Crippen MR) is 70.9 cm³/mol. The predicted octanol–water partition coefficient (Wildman–Crippen LogP) is 3.91. The Labute approximate surface area is 102 Å². The summed E-state index contributed by atoms with van der Waals surface area (Å²) in [7, 11) is 0. The molecule has 0 amide bonds. The van der Waals surface area contributed by atoms with Crippen LogP contribution in [0.3, 0.4) is 0 Å². The molecule has 3 heteroatoms. The molecule has 1 fully saturated rings. The molecule has 0 unspecified atom stereocenters. The summed E-state index contributed by atoms with van der Waals surface area (Å²) >= 11 is 5.97. The van der Waals surface area contributed by atoms with Crippen molar-refractivity contribution >= 4 is 23.0 Å². The molecule has 0 heterocycles. The Morgan fingerprint density at radius 1 is 1.25 bits per heavy atom. The number of nitrogens with two attached hydrogens (primary N) is 1. The normalized spacial score (nSPS) is 17.3. The van der Waals surface area contributed by atoms with E-state index in [0.29, 0.717) is 10.7 Å². The molecule has 1 aliphatic rings. The minimum absolute atomic E-state index is 0.633. The van der Waals surface area contributed by atoms with Gasteiger partial charge in [0.2, 0.25) is 0 Å². The molecular formula is C13H19ClN2. The van der Waals surface area contributed by atoms with E-state index in [9.17, 15) is 0 Å². The lowest BCUT2D eigenvalue weighted by Gasteiger charge is -2.22. The topological polar surface area (TPSA) is 38.0 Å². The maximum atomic E-state index is 5.97. The van der Waals surface area contributed by atoms with Crippen molar-refractivity contribution in [2.24, 2.45) is 5.92 Å². The van der Waals surface area contributed by atoms with E-state index in [1.165, 1.54) is 32.1 Å². The summed E-state index contributed by atoms with van der Waals surface area (Å²) in [6, 6.07) is 5.74. The second-order valence-electron chi connectivity index (χ2n) is 4.59. The van der Waals surface area contributed by atoms with Gasteiger partial charge in [-0.1, -0.05) is 36.9 Å². The lowest BCUT2D eigenvalue weighted by Crippen LogP contribution is -2.17. The van der Waals surface area contributed by atoms with Crippen LogP contribution in [0.1, 0.15) is 32.1 Å². The zero-order chi connectivity index (χ0) is 11.4. The van der Waals surface area contributed by atoms with Crippen molar-refractivity contribution in [3.8, 4) is 0 Å². The summed E-state index contributed by atoms with van der Waals surface area (Å²) in [4.78, 5) is 0. The van der Waals surface area contributed by atoms with Crippen LogP contribution in [0.25, 0.3) is 0 Å². The number of nitrogens with one attached hydrogen (secondary N) is 1. The van der Waals surface area contributed by atoms with Gasteiger partial charge in [0.1, 0.15) is 0 Å². The van der Waals surface area contributed by atoms with Gasteiger partial charge in [0.15, 0.2) is 0 Å². The smallest absolute Gasteiger partial charge is 0.0739 e. The summed E-state index contributed by atoms with van der Waals surface area (Å²) in [5.41, 5.74) is 7.54. The third-order valence-electron chi connectivity index (χ3n) is 3.36. The first-order valence-corrected chi connectivity index (χ1v) is 6.43. The van der Waals surface area contributed by atoms with Gasteiger partial charge in [-0.3, -0.25) is 0 Å². The van der Waals surface area contributed by atoms with Crippen molar-refractivity contribution in [3.63, 3.8) is 0 Å². The summed E-state index contributed by atoms with van der Waals surface area (Å²) < 4.78 is 0. The molecule has 0 spiro atoms. The number of rotatable bonds is 3. The maximum Gasteiger partial charge on any atom is 0.0739 e. The first-order chi connectivity index (χ1) is 7.77. The number of hydrogen-bond donors (Lipinski definition) is 2. The average molecular weight is 239 g/mol. The minimum atomic E-state index is 0.633. The molecule has 0 saturated heterocycles. The summed E-state index contributed by atoms with van der Waals surface area (Å²) in [5.74, 6) is 0.798. The molecule has 1 aromatic rings. The van der Waals surface area contributed by atoms with Crippen molar-refractivity contribution in [1.29, 1.82) is 0 Å². The fourth-order valence-electron chi connectivity index (χ4n) is 2.34. The zero-order valence-electron chi connectivity index (χ0n) is 9.51. The molecule has 0 atom stereocenters. The quantitative estimate of drug-likeness (QED) is 0.784. The van der Waals surface area contributed by atoms with Crippen LogP contribution in [0.15, 0.2) is 18.2 Å². The average Bonchev–Trinajstić information content (AvgIpc) is 2.32. The maximum absolute atomic E-state index is 5.97. The standard InChI is InChI=1S/C13H19ClN2/c14-11-7-4-8-12(13(11)15)16-9-10-5-2-1-3-6-10/h4,7-8,10,16H,1-3,5-6,9,15H2. The molecule has 2 rings (SSSR count). The zero-order valence-corrected chi connectivity index (χ0v) is 10.3. The molecule has 3 N–H and O–H groups in total. The lowest BCUT2D eigenvalue weighted by atomic mass is 9.89. The van der Waals surface area contributed by atoms with E-state index >= 15 is 0 Å². The van der Waals surface area contributed by atoms with Gasteiger partial charge in [0.05, 0.1) is 16.4 Å². The van der Waals surface area contributed by atoms with E-state index in [2.05, 4.69) is 5.32 Å². The van der Waals surface area contributed by atoms with Crippen molar-refractivity contribution in [1.82, 2.24) is 0 Å². The van der Waals surface area contributed by atoms with Crippen molar-refractivity contribution in [2.45, 2.75) is 32.1 Å². The summed E-state index contributed by atoms with van der Waals surface area (Å²) in [6.45, 7) is 1.02. The van der Waals surface area contributed by atoms with E-state index in [-0.39, 0.29) is 0 Å². The molecule has 0 aliphatic heterocycles. The fourth-order valence-corrected chi connectivity index (χ4v) is 2.51. The Morgan fingerprint density at radius 2 is 2.00 bits per heavy atom. The van der Waals surface area contributed by atoms with Crippen LogP contribution in [0.4, 0.5) is 11.4 Å². The molecule has 1 saturated carbocycles. The molecule has 0 aromatic heterocycles. The van der Waals surface area contributed by atoms with E-state index in [4.69, 9.17) is 17.3 Å². The Morgan fingerprint density at radius 3 is 2.75 bits per heavy atom. The van der Waals surface area contributed by atoms with Gasteiger partial charge in [0.25, 0.3) is 0 Å². The Balaban J connectivity index is 1.91. The van der Waals surface area contributed by atoms with Crippen LogP contribution in [-0.2, 0) is 0 Å². The summed E-state index contributed by atoms with van der Waals surface area (Å²) in [5, 5.41) is 4.05. The number of nitrogen functional groups attached to an aromatic ring is 1. The van der Waals surface area contributed by atoms with Gasteiger partial charge in [-0.05, 0) is 30.9 Å². The van der Waals surface area contributed by atoms with Crippen LogP contribution in [0.2, 0.25) is 5.02 Å². The molecular weight excluding hydrogens is 220 g/mol. The van der Waals surface area contributed by atoms with Gasteiger partial charge in [-0.25, -0.2) is 0 Å². The monoisotopic (exact) mass is 238 g/mol. The number of halogens is 1. The highest BCUT2D eigenvalue weighted by molar-refractivity contribution is 6.33. The van der Waals surface area contributed by atoms with Crippen LogP contribution in [0.5, 0.6) is 0 Å². The molecule has 1 aliphatic carbocycles. The van der Waals surface area contributed by atoms with Gasteiger partial charge in [0, 0.05) is 6.54 Å². The first-order valence-electron chi connectivity index (χ1n) is 6.05. The SMILES string of the molecule is Nc1c(Cl)cccc1NCC1CCCCC1. The minimum Gasteiger partial charge on any atom is -0.396 e. The largest absolute Gasteiger partial charge is 0.396 e. The van der Waals surface area contributed by atoms with Gasteiger partial charge in [-0.2, -0.15) is 0 Å². The molecule has 0 radical (unpaired) electrons. The van der Waals surface area contributed by atoms with Crippen molar-refractivity contribution in [3.05, 3.63) is 23.2 Å². The number of hydrogen-bond acceptors (Lipinski definition) is 2. The van der Waals surface area contributed by atoms with Gasteiger partial charge < -0.3 is 11.1 Å². The summed E-state index contributed by atoms with van der Waals surface area (Å²) in [6.07, 6.45) is 6.82. The van der Waals surface area contributed by atoms with E-state index in [1.807, 2.05) is 18.2 Å². The number of anilines is 2. The molecule has 88 valence electrons. The van der Waals surface area contributed by atoms with Gasteiger partial charge >= 0.3 is 0 Å². The van der Waals surface area contributed by atoms with E-state index in [1.54, 1.807) is 0 Å². The molecule has 16 heavy (non-hydrogen) atoms. The number of para-hydroxylation sites is 1. The highest BCUT2D eigenvalue weighted by Gasteiger charge is 2.13. The Kier molecular flexibility index (Phi) is 3.94. The lowest BCUT2D eigenvalue weighted by molar-refractivity contribution is 0.373. The Bertz CT molecular complexity index is 346.